The Hall–Kier alpha value is -2.57. The Labute approximate surface area is 187 Å². The number of fused-ring (bicyclic) bond motifs is 1. The lowest BCUT2D eigenvalue weighted by molar-refractivity contribution is 0.102. The number of nitrogens with one attached hydrogen (secondary N) is 1. The van der Waals surface area contributed by atoms with Crippen molar-refractivity contribution in [1.82, 2.24) is 14.3 Å². The normalized spacial score (nSPS) is 21.8. The highest BCUT2D eigenvalue weighted by molar-refractivity contribution is 6.30. The van der Waals surface area contributed by atoms with Crippen molar-refractivity contribution >= 4 is 34.5 Å². The smallest absolute Gasteiger partial charge is 0.275 e. The molecular weight excluding hydrogens is 410 g/mol. The van der Waals surface area contributed by atoms with E-state index in [0.29, 0.717) is 28.4 Å². The summed E-state index contributed by atoms with van der Waals surface area (Å²) in [6, 6.07) is 11.2. The van der Waals surface area contributed by atoms with Crippen LogP contribution in [0.4, 0.5) is 11.4 Å². The topological polar surface area (TPSA) is 52.9 Å². The number of carbonyl (C=O) groups excluding carboxylic acids is 1. The first-order chi connectivity index (χ1) is 15.0. The zero-order chi connectivity index (χ0) is 21.5. The molecule has 2 saturated heterocycles. The second kappa shape index (κ2) is 8.17. The van der Waals surface area contributed by atoms with Crippen molar-refractivity contribution in [2.45, 2.75) is 45.2 Å². The van der Waals surface area contributed by atoms with Crippen LogP contribution in [0.15, 0.2) is 42.7 Å². The molecule has 0 spiro atoms. The number of halogens is 1. The van der Waals surface area contributed by atoms with Gasteiger partial charge in [-0.3, -0.25) is 9.69 Å². The molecule has 1 aromatic carbocycles. The molecule has 1 amide bonds. The van der Waals surface area contributed by atoms with E-state index in [1.807, 2.05) is 13.0 Å². The summed E-state index contributed by atoms with van der Waals surface area (Å²) < 4.78 is 1.76. The third-order valence-electron chi connectivity index (χ3n) is 6.71. The highest BCUT2D eigenvalue weighted by Gasteiger charge is 2.33. The van der Waals surface area contributed by atoms with E-state index < -0.39 is 0 Å². The molecule has 2 atom stereocenters. The van der Waals surface area contributed by atoms with Gasteiger partial charge < -0.3 is 14.6 Å². The molecule has 2 aromatic heterocycles. The highest BCUT2D eigenvalue weighted by Crippen LogP contribution is 2.30. The van der Waals surface area contributed by atoms with E-state index in [1.165, 1.54) is 31.5 Å². The summed E-state index contributed by atoms with van der Waals surface area (Å²) in [4.78, 5) is 22.3. The van der Waals surface area contributed by atoms with Crippen LogP contribution < -0.4 is 10.2 Å². The van der Waals surface area contributed by atoms with E-state index in [9.17, 15) is 4.79 Å². The summed E-state index contributed by atoms with van der Waals surface area (Å²) in [5.74, 6) is -0.222. The fraction of sp³-hybridized carbons (Fsp3) is 0.417. The number of benzene rings is 1. The summed E-state index contributed by atoms with van der Waals surface area (Å²) in [7, 11) is 0. The number of carbonyl (C=O) groups is 1. The molecule has 0 saturated carbocycles. The van der Waals surface area contributed by atoms with Crippen LogP contribution in [0.1, 0.15) is 42.2 Å². The Kier molecular flexibility index (Phi) is 5.36. The van der Waals surface area contributed by atoms with Gasteiger partial charge >= 0.3 is 0 Å². The van der Waals surface area contributed by atoms with E-state index in [4.69, 9.17) is 11.6 Å². The molecule has 5 rings (SSSR count). The van der Waals surface area contributed by atoms with Gasteiger partial charge in [0, 0.05) is 48.9 Å². The number of pyridine rings is 1. The van der Waals surface area contributed by atoms with E-state index in [1.54, 1.807) is 28.9 Å². The summed E-state index contributed by atoms with van der Waals surface area (Å²) >= 11 is 6.02. The van der Waals surface area contributed by atoms with Crippen LogP contribution in [0.3, 0.4) is 0 Å². The van der Waals surface area contributed by atoms with Crippen LogP contribution in [0.25, 0.3) is 5.65 Å². The van der Waals surface area contributed by atoms with Crippen LogP contribution in [0.5, 0.6) is 0 Å². The Morgan fingerprint density at radius 1 is 1.16 bits per heavy atom. The zero-order valence-corrected chi connectivity index (χ0v) is 18.8. The molecule has 31 heavy (non-hydrogen) atoms. The molecule has 1 N–H and O–H groups in total. The van der Waals surface area contributed by atoms with Crippen molar-refractivity contribution in [3.63, 3.8) is 0 Å². The molecule has 0 aliphatic carbocycles. The van der Waals surface area contributed by atoms with Crippen LogP contribution in [-0.4, -0.2) is 51.9 Å². The third kappa shape index (κ3) is 4.02. The van der Waals surface area contributed by atoms with Gasteiger partial charge in [0.1, 0.15) is 11.3 Å². The molecule has 0 radical (unpaired) electrons. The van der Waals surface area contributed by atoms with Crippen LogP contribution in [0.2, 0.25) is 5.02 Å². The van der Waals surface area contributed by atoms with Gasteiger partial charge in [0.15, 0.2) is 0 Å². The van der Waals surface area contributed by atoms with Crippen LogP contribution >= 0.6 is 11.6 Å². The SMILES string of the molecule is Cc1cc(N2CCC(N3CCCC3C)C2)ccc1NC(=O)c1cn2cc(Cl)ccc2n1. The lowest BCUT2D eigenvalue weighted by Gasteiger charge is -2.28. The minimum Gasteiger partial charge on any atom is -0.370 e. The first kappa shape index (κ1) is 20.3. The number of aryl methyl sites for hydroxylation is 1. The van der Waals surface area contributed by atoms with Gasteiger partial charge in [-0.15, -0.1) is 0 Å². The molecule has 2 aliphatic heterocycles. The average Bonchev–Trinajstić information content (AvgIpc) is 3.48. The van der Waals surface area contributed by atoms with E-state index in [-0.39, 0.29) is 5.91 Å². The number of aromatic nitrogens is 2. The minimum atomic E-state index is -0.222. The summed E-state index contributed by atoms with van der Waals surface area (Å²) in [5, 5.41) is 3.61. The monoisotopic (exact) mass is 437 g/mol. The van der Waals surface area contributed by atoms with E-state index >= 15 is 0 Å². The Bertz CT molecular complexity index is 1130. The number of likely N-dealkylation sites (tertiary alicyclic amines) is 1. The van der Waals surface area contributed by atoms with Crippen molar-refractivity contribution in [3.05, 3.63) is 59.0 Å². The predicted octanol–water partition coefficient (Wildman–Crippen LogP) is 4.61. The third-order valence-corrected chi connectivity index (χ3v) is 6.93. The highest BCUT2D eigenvalue weighted by atomic mass is 35.5. The van der Waals surface area contributed by atoms with Crippen LogP contribution in [0, 0.1) is 6.92 Å². The summed E-state index contributed by atoms with van der Waals surface area (Å²) in [5.41, 5.74) is 4.15. The van der Waals surface area contributed by atoms with Crippen LogP contribution in [-0.2, 0) is 0 Å². The number of nitrogens with zero attached hydrogens (tertiary/aromatic N) is 4. The second-order valence-corrected chi connectivity index (χ2v) is 9.25. The summed E-state index contributed by atoms with van der Waals surface area (Å²) in [6.45, 7) is 7.80. The summed E-state index contributed by atoms with van der Waals surface area (Å²) in [6.07, 6.45) is 7.31. The number of anilines is 2. The van der Waals surface area contributed by atoms with Crippen molar-refractivity contribution in [1.29, 1.82) is 0 Å². The molecular formula is C24H28ClN5O. The molecule has 3 aromatic rings. The largest absolute Gasteiger partial charge is 0.370 e. The van der Waals surface area contributed by atoms with Gasteiger partial charge in [-0.05, 0) is 75.5 Å². The van der Waals surface area contributed by atoms with Gasteiger partial charge in [-0.25, -0.2) is 4.98 Å². The van der Waals surface area contributed by atoms with Gasteiger partial charge in [0.25, 0.3) is 5.91 Å². The second-order valence-electron chi connectivity index (χ2n) is 8.81. The number of amides is 1. The molecule has 162 valence electrons. The first-order valence-corrected chi connectivity index (χ1v) is 11.4. The Morgan fingerprint density at radius 3 is 2.81 bits per heavy atom. The fourth-order valence-electron chi connectivity index (χ4n) is 4.99. The molecule has 7 heteroatoms. The number of hydrogen-bond acceptors (Lipinski definition) is 4. The maximum Gasteiger partial charge on any atom is 0.275 e. The molecule has 6 nitrogen and oxygen atoms in total. The first-order valence-electron chi connectivity index (χ1n) is 11.0. The zero-order valence-electron chi connectivity index (χ0n) is 18.0. The maximum absolute atomic E-state index is 12.7. The number of rotatable bonds is 4. The predicted molar refractivity (Wildman–Crippen MR) is 125 cm³/mol. The quantitative estimate of drug-likeness (QED) is 0.647. The Balaban J connectivity index is 1.27. The molecule has 4 heterocycles. The van der Waals surface area contributed by atoms with Crippen molar-refractivity contribution in [3.8, 4) is 0 Å². The van der Waals surface area contributed by atoms with Gasteiger partial charge in [-0.1, -0.05) is 11.6 Å². The number of hydrogen-bond donors (Lipinski definition) is 1. The molecule has 0 bridgehead atoms. The van der Waals surface area contributed by atoms with E-state index in [0.717, 1.165) is 24.3 Å². The van der Waals surface area contributed by atoms with Gasteiger partial charge in [-0.2, -0.15) is 0 Å². The molecule has 2 fully saturated rings. The lowest BCUT2D eigenvalue weighted by atomic mass is 10.1. The fourth-order valence-corrected chi connectivity index (χ4v) is 5.16. The van der Waals surface area contributed by atoms with E-state index in [2.05, 4.69) is 39.2 Å². The van der Waals surface area contributed by atoms with Crippen molar-refractivity contribution in [2.75, 3.05) is 29.9 Å². The lowest BCUT2D eigenvalue weighted by Crippen LogP contribution is -2.39. The van der Waals surface area contributed by atoms with Crippen molar-refractivity contribution < 1.29 is 4.79 Å². The van der Waals surface area contributed by atoms with Crippen molar-refractivity contribution in [2.24, 2.45) is 0 Å². The minimum absolute atomic E-state index is 0.222. The molecule has 2 aliphatic rings. The maximum atomic E-state index is 12.7. The number of imidazole rings is 1. The molecule has 2 unspecified atom stereocenters. The Morgan fingerprint density at radius 2 is 2.03 bits per heavy atom. The average molecular weight is 438 g/mol. The standard InChI is InChI=1S/C24H28ClN5O/c1-16-12-19(28-11-9-20(14-28)30-10-3-4-17(30)2)6-7-21(16)27-24(31)22-15-29-13-18(25)5-8-23(29)26-22/h5-8,12-13,15,17,20H,3-4,9-11,14H2,1-2H3,(H,27,31). The van der Waals surface area contributed by atoms with Gasteiger partial charge in [0.05, 0.1) is 5.02 Å². The van der Waals surface area contributed by atoms with Gasteiger partial charge in [0.2, 0.25) is 0 Å².